The summed E-state index contributed by atoms with van der Waals surface area (Å²) in [7, 11) is 1.99. The third kappa shape index (κ3) is 7.92. The van der Waals surface area contributed by atoms with Gasteiger partial charge in [-0.25, -0.2) is 4.79 Å². The summed E-state index contributed by atoms with van der Waals surface area (Å²) in [5.41, 5.74) is 5.40. The predicted molar refractivity (Wildman–Crippen MR) is 181 cm³/mol. The van der Waals surface area contributed by atoms with Crippen molar-refractivity contribution in [2.45, 2.75) is 141 Å². The number of likely N-dealkylation sites (tertiary alicyclic amines) is 1. The van der Waals surface area contributed by atoms with E-state index >= 15 is 0 Å². The fourth-order valence-corrected chi connectivity index (χ4v) is 9.29. The summed E-state index contributed by atoms with van der Waals surface area (Å²) in [6.45, 7) is 14.5. The maximum atomic E-state index is 14.0. The second kappa shape index (κ2) is 14.9. The Morgan fingerprint density at radius 2 is 1.94 bits per heavy atom. The summed E-state index contributed by atoms with van der Waals surface area (Å²) in [4.78, 5) is 41.5. The van der Waals surface area contributed by atoms with Crippen molar-refractivity contribution in [1.82, 2.24) is 15.5 Å². The molecule has 4 aliphatic heterocycles. The number of nitrogens with one attached hydrogen (secondary N) is 2. The third-order valence-corrected chi connectivity index (χ3v) is 12.4. The number of nitrogens with two attached hydrogens (primary N) is 1. The molecular weight excluding hydrogens is 596 g/mol. The van der Waals surface area contributed by atoms with E-state index in [0.29, 0.717) is 55.6 Å². The van der Waals surface area contributed by atoms with Crippen LogP contribution in [0.1, 0.15) is 106 Å². The third-order valence-electron chi connectivity index (χ3n) is 12.4. The van der Waals surface area contributed by atoms with Crippen LogP contribution in [0.25, 0.3) is 0 Å². The Bertz CT molecular complexity index is 1170. The standard InChI is InChI=1S/C37H62N4O6/c1-8-23(4)35(44)47-36(5,6)37(18-26-13-24-10-12-34(43)45-30(24)16-31(26)46-37)17-25-14-32(38)40-20-27(25)15-33(42)41-21-28(19-39-7)29(41)11-9-22(2)3/h8,22,24-32,39-40H,9-21,38H2,1-7H3/t24?,25?,26?,27?,28-,29+,30?,31?,32?,37+/m0/s1. The van der Waals surface area contributed by atoms with Crippen molar-refractivity contribution in [3.8, 4) is 0 Å². The van der Waals surface area contributed by atoms with E-state index in [0.717, 1.165) is 51.6 Å². The Morgan fingerprint density at radius 3 is 2.64 bits per heavy atom. The number of carbonyl (C=O) groups excluding carboxylic acids is 3. The molecule has 10 heteroatoms. The zero-order valence-electron chi connectivity index (χ0n) is 30.0. The molecule has 266 valence electrons. The Balaban J connectivity index is 1.37. The second-order valence-corrected chi connectivity index (χ2v) is 16.4. The van der Waals surface area contributed by atoms with Crippen LogP contribution in [-0.2, 0) is 28.6 Å². The highest BCUT2D eigenvalue weighted by Crippen LogP contribution is 2.55. The summed E-state index contributed by atoms with van der Waals surface area (Å²) < 4.78 is 19.3. The summed E-state index contributed by atoms with van der Waals surface area (Å²) in [5, 5.41) is 6.78. The lowest BCUT2D eigenvalue weighted by molar-refractivity contribution is -0.207. The fraction of sp³-hybridized carbons (Fsp3) is 0.865. The molecule has 5 rings (SSSR count). The van der Waals surface area contributed by atoms with Crippen LogP contribution in [0.3, 0.4) is 0 Å². The molecule has 47 heavy (non-hydrogen) atoms. The number of esters is 2. The molecule has 1 aliphatic carbocycles. The number of allylic oxidation sites excluding steroid dienone is 1. The molecular formula is C37H62N4O6. The van der Waals surface area contributed by atoms with Gasteiger partial charge in [-0.2, -0.15) is 0 Å². The first-order chi connectivity index (χ1) is 22.3. The molecule has 10 nitrogen and oxygen atoms in total. The SMILES string of the molecule is CC=C(C)C(=O)OC(C)(C)[C@@]1(CC2CC(N)NCC2CC(=O)N2C[C@H](CNC)[C@H]2CCC(C)C)CC2CC3CCC(=O)OC3CC2O1. The minimum absolute atomic E-state index is 0.0784. The highest BCUT2D eigenvalue weighted by molar-refractivity contribution is 5.88. The molecule has 4 heterocycles. The molecule has 0 aromatic carbocycles. The highest BCUT2D eigenvalue weighted by Gasteiger charge is 2.60. The molecule has 4 N–H and O–H groups in total. The van der Waals surface area contributed by atoms with E-state index in [4.69, 9.17) is 19.9 Å². The molecule has 0 radical (unpaired) electrons. The second-order valence-electron chi connectivity index (χ2n) is 16.4. The Labute approximate surface area is 282 Å². The summed E-state index contributed by atoms with van der Waals surface area (Å²) in [5.74, 6) is 1.70. The van der Waals surface area contributed by atoms with Crippen LogP contribution >= 0.6 is 0 Å². The van der Waals surface area contributed by atoms with Crippen molar-refractivity contribution in [1.29, 1.82) is 0 Å². The van der Waals surface area contributed by atoms with Crippen molar-refractivity contribution in [3.05, 3.63) is 11.6 Å². The Hall–Kier alpha value is -2.01. The van der Waals surface area contributed by atoms with Gasteiger partial charge in [0.15, 0.2) is 0 Å². The van der Waals surface area contributed by atoms with E-state index in [1.807, 2.05) is 27.8 Å². The van der Waals surface area contributed by atoms with Crippen LogP contribution in [0.15, 0.2) is 11.6 Å². The van der Waals surface area contributed by atoms with Crippen molar-refractivity contribution in [3.63, 3.8) is 0 Å². The van der Waals surface area contributed by atoms with Gasteiger partial charge >= 0.3 is 11.9 Å². The first-order valence-electron chi connectivity index (χ1n) is 18.4. The molecule has 0 aromatic heterocycles. The maximum Gasteiger partial charge on any atom is 0.334 e. The number of fused-ring (bicyclic) bond motifs is 2. The summed E-state index contributed by atoms with van der Waals surface area (Å²) in [6, 6.07) is 0.285. The van der Waals surface area contributed by atoms with Crippen LogP contribution in [0.2, 0.25) is 0 Å². The maximum absolute atomic E-state index is 14.0. The predicted octanol–water partition coefficient (Wildman–Crippen LogP) is 4.31. The van der Waals surface area contributed by atoms with Crippen molar-refractivity contribution < 1.29 is 28.6 Å². The van der Waals surface area contributed by atoms with Gasteiger partial charge in [0.2, 0.25) is 5.91 Å². The number of hydrogen-bond acceptors (Lipinski definition) is 9. The lowest BCUT2D eigenvalue weighted by atomic mass is 9.67. The average Bonchev–Trinajstić information content (AvgIpc) is 3.36. The van der Waals surface area contributed by atoms with E-state index in [9.17, 15) is 14.4 Å². The minimum atomic E-state index is -0.934. The number of rotatable bonds is 12. The first-order valence-corrected chi connectivity index (χ1v) is 18.4. The van der Waals surface area contributed by atoms with E-state index < -0.39 is 11.2 Å². The Kier molecular flexibility index (Phi) is 11.5. The van der Waals surface area contributed by atoms with Crippen molar-refractivity contribution >= 4 is 17.8 Å². The summed E-state index contributed by atoms with van der Waals surface area (Å²) >= 11 is 0. The first kappa shape index (κ1) is 36.3. The van der Waals surface area contributed by atoms with Gasteiger partial charge in [-0.3, -0.25) is 9.59 Å². The van der Waals surface area contributed by atoms with E-state index in [1.165, 1.54) is 0 Å². The van der Waals surface area contributed by atoms with Gasteiger partial charge in [0.1, 0.15) is 17.3 Å². The van der Waals surface area contributed by atoms with Crippen LogP contribution in [0, 0.1) is 35.5 Å². The van der Waals surface area contributed by atoms with E-state index in [2.05, 4.69) is 29.4 Å². The number of amides is 1. The van der Waals surface area contributed by atoms with Gasteiger partial charge < -0.3 is 35.5 Å². The van der Waals surface area contributed by atoms with Crippen LogP contribution in [-0.4, -0.2) is 85.0 Å². The van der Waals surface area contributed by atoms with Crippen molar-refractivity contribution in [2.75, 3.05) is 26.7 Å². The van der Waals surface area contributed by atoms with Gasteiger partial charge in [-0.15, -0.1) is 0 Å². The number of carbonyl (C=O) groups is 3. The Morgan fingerprint density at radius 1 is 1.17 bits per heavy atom. The van der Waals surface area contributed by atoms with Crippen LogP contribution in [0.4, 0.5) is 0 Å². The molecule has 0 bridgehead atoms. The zero-order chi connectivity index (χ0) is 34.1. The average molecular weight is 659 g/mol. The molecule has 4 saturated heterocycles. The monoisotopic (exact) mass is 658 g/mol. The zero-order valence-corrected chi connectivity index (χ0v) is 30.0. The molecule has 1 amide bonds. The van der Waals surface area contributed by atoms with Gasteiger partial charge in [-0.05, 0) is 109 Å². The lowest BCUT2D eigenvalue weighted by Crippen LogP contribution is -2.62. The quantitative estimate of drug-likeness (QED) is 0.207. The highest BCUT2D eigenvalue weighted by atomic mass is 16.6. The van der Waals surface area contributed by atoms with Crippen molar-refractivity contribution in [2.24, 2.45) is 41.2 Å². The molecule has 0 aromatic rings. The fourth-order valence-electron chi connectivity index (χ4n) is 9.29. The number of piperidine rings is 1. The molecule has 5 fully saturated rings. The molecule has 0 spiro atoms. The van der Waals surface area contributed by atoms with Gasteiger partial charge in [-0.1, -0.05) is 19.9 Å². The van der Waals surface area contributed by atoms with Gasteiger partial charge in [0, 0.05) is 56.4 Å². The largest absolute Gasteiger partial charge is 0.462 e. The number of ether oxygens (including phenoxy) is 3. The molecule has 7 unspecified atom stereocenters. The van der Waals surface area contributed by atoms with Gasteiger partial charge in [0.25, 0.3) is 0 Å². The normalized spacial score (nSPS) is 37.6. The lowest BCUT2D eigenvalue weighted by Gasteiger charge is -2.50. The van der Waals surface area contributed by atoms with E-state index in [1.54, 1.807) is 13.0 Å². The minimum Gasteiger partial charge on any atom is -0.462 e. The molecule has 1 saturated carbocycles. The van der Waals surface area contributed by atoms with Crippen LogP contribution < -0.4 is 16.4 Å². The smallest absolute Gasteiger partial charge is 0.334 e. The molecule has 5 aliphatic rings. The molecule has 10 atom stereocenters. The number of nitrogens with zero attached hydrogens (tertiary/aromatic N) is 1. The van der Waals surface area contributed by atoms with E-state index in [-0.39, 0.29) is 60.0 Å². The van der Waals surface area contributed by atoms with Gasteiger partial charge in [0.05, 0.1) is 12.3 Å². The van der Waals surface area contributed by atoms with Crippen LogP contribution in [0.5, 0.6) is 0 Å². The summed E-state index contributed by atoms with van der Waals surface area (Å²) in [6.07, 6.45) is 9.11. The number of hydrogen-bond donors (Lipinski definition) is 3. The topological polar surface area (TPSA) is 132 Å².